The number of carbonyl (C=O) groups excluding carboxylic acids is 1. The van der Waals surface area contributed by atoms with Crippen LogP contribution in [-0.2, 0) is 14.3 Å². The third-order valence-electron chi connectivity index (χ3n) is 2.78. The second-order valence-corrected chi connectivity index (χ2v) is 5.76. The Morgan fingerprint density at radius 3 is 1.94 bits per heavy atom. The molecule has 0 heterocycles. The van der Waals surface area contributed by atoms with Gasteiger partial charge in [-0.2, -0.15) is 0 Å². The molecule has 100 valence electrons. The van der Waals surface area contributed by atoms with Crippen LogP contribution >= 0.6 is 0 Å². The third-order valence-corrected chi connectivity index (χ3v) is 2.78. The second kappa shape index (κ2) is 6.03. The first-order valence-corrected chi connectivity index (χ1v) is 6.04. The number of hydrogen-bond acceptors (Lipinski definition) is 3. The molecule has 0 bridgehead atoms. The summed E-state index contributed by atoms with van der Waals surface area (Å²) in [6.45, 7) is 11.3. The van der Waals surface area contributed by atoms with Gasteiger partial charge in [0.2, 0.25) is 0 Å². The van der Waals surface area contributed by atoms with Crippen molar-refractivity contribution in [2.75, 3.05) is 0 Å². The van der Waals surface area contributed by atoms with Gasteiger partial charge in [-0.25, -0.2) is 0 Å². The van der Waals surface area contributed by atoms with E-state index in [1.54, 1.807) is 13.8 Å². The molecular weight excluding hydrogens is 220 g/mol. The van der Waals surface area contributed by atoms with Crippen molar-refractivity contribution < 1.29 is 19.4 Å². The first kappa shape index (κ1) is 15.9. The molecule has 0 rings (SSSR count). The van der Waals surface area contributed by atoms with Gasteiger partial charge in [0, 0.05) is 0 Å². The van der Waals surface area contributed by atoms with E-state index in [4.69, 9.17) is 9.84 Å². The van der Waals surface area contributed by atoms with E-state index in [0.717, 1.165) is 0 Å². The van der Waals surface area contributed by atoms with Gasteiger partial charge in [0.1, 0.15) is 6.10 Å². The number of carboxylic acid groups (broad SMARTS) is 1. The van der Waals surface area contributed by atoms with Crippen LogP contribution in [0.15, 0.2) is 0 Å². The highest BCUT2D eigenvalue weighted by Crippen LogP contribution is 2.26. The highest BCUT2D eigenvalue weighted by atomic mass is 16.5. The minimum absolute atomic E-state index is 0.176. The lowest BCUT2D eigenvalue weighted by Crippen LogP contribution is -2.37. The quantitative estimate of drug-likeness (QED) is 0.596. The van der Waals surface area contributed by atoms with Crippen LogP contribution in [0.25, 0.3) is 0 Å². The van der Waals surface area contributed by atoms with E-state index in [2.05, 4.69) is 0 Å². The van der Waals surface area contributed by atoms with E-state index in [0.29, 0.717) is 6.42 Å². The average molecular weight is 244 g/mol. The summed E-state index contributed by atoms with van der Waals surface area (Å²) < 4.78 is 5.33. The Kier molecular flexibility index (Phi) is 5.66. The predicted octanol–water partition coefficient (Wildman–Crippen LogP) is 2.71. The lowest BCUT2D eigenvalue weighted by atomic mass is 9.87. The van der Waals surface area contributed by atoms with E-state index in [9.17, 15) is 9.59 Å². The van der Waals surface area contributed by atoms with Crippen LogP contribution in [-0.4, -0.2) is 23.1 Å². The van der Waals surface area contributed by atoms with Crippen molar-refractivity contribution in [2.45, 2.75) is 54.1 Å². The molecule has 1 N–H and O–H groups in total. The lowest BCUT2D eigenvalue weighted by molar-refractivity contribution is -0.168. The number of rotatable bonds is 5. The minimum atomic E-state index is -1.12. The molecule has 0 saturated heterocycles. The van der Waals surface area contributed by atoms with Crippen molar-refractivity contribution >= 4 is 11.9 Å². The predicted molar refractivity (Wildman–Crippen MR) is 65.6 cm³/mol. The van der Waals surface area contributed by atoms with Crippen LogP contribution in [0.1, 0.15) is 48.0 Å². The Bertz CT molecular complexity index is 276. The molecule has 0 aromatic rings. The van der Waals surface area contributed by atoms with Gasteiger partial charge in [-0.1, -0.05) is 41.5 Å². The minimum Gasteiger partial charge on any atom is -0.481 e. The molecule has 0 saturated carbocycles. The summed E-state index contributed by atoms with van der Waals surface area (Å²) in [5.74, 6) is -3.09. The molecule has 17 heavy (non-hydrogen) atoms. The SMILES string of the molecule is CCC(OC(=O)C(C(=O)O)C(C)C)C(C)(C)C. The smallest absolute Gasteiger partial charge is 0.320 e. The molecule has 4 heteroatoms. The maximum atomic E-state index is 11.8. The molecule has 0 aliphatic rings. The van der Waals surface area contributed by atoms with Crippen molar-refractivity contribution in [3.63, 3.8) is 0 Å². The summed E-state index contributed by atoms with van der Waals surface area (Å²) in [5.41, 5.74) is -0.176. The molecule has 0 fully saturated rings. The zero-order valence-corrected chi connectivity index (χ0v) is 11.6. The molecule has 0 radical (unpaired) electrons. The maximum absolute atomic E-state index is 11.8. The van der Waals surface area contributed by atoms with Crippen LogP contribution in [0.4, 0.5) is 0 Å². The van der Waals surface area contributed by atoms with E-state index < -0.39 is 17.9 Å². The largest absolute Gasteiger partial charge is 0.481 e. The van der Waals surface area contributed by atoms with Crippen LogP contribution in [0.2, 0.25) is 0 Å². The summed E-state index contributed by atoms with van der Waals surface area (Å²) in [6, 6.07) is 0. The first-order chi connectivity index (χ1) is 7.61. The second-order valence-electron chi connectivity index (χ2n) is 5.76. The van der Waals surface area contributed by atoms with E-state index in [1.807, 2.05) is 27.7 Å². The zero-order chi connectivity index (χ0) is 13.8. The van der Waals surface area contributed by atoms with Crippen LogP contribution < -0.4 is 0 Å². The summed E-state index contributed by atoms with van der Waals surface area (Å²) in [4.78, 5) is 22.8. The summed E-state index contributed by atoms with van der Waals surface area (Å²) >= 11 is 0. The Morgan fingerprint density at radius 1 is 1.24 bits per heavy atom. The van der Waals surface area contributed by atoms with Crippen LogP contribution in [0.5, 0.6) is 0 Å². The standard InChI is InChI=1S/C13H24O4/c1-7-9(13(4,5)6)17-12(16)10(8(2)3)11(14)15/h8-10H,7H2,1-6H3,(H,14,15). The fraction of sp³-hybridized carbons (Fsp3) is 0.846. The van der Waals surface area contributed by atoms with Gasteiger partial charge in [-0.05, 0) is 17.8 Å². The highest BCUT2D eigenvalue weighted by molar-refractivity contribution is 5.94. The number of carbonyl (C=O) groups is 2. The molecule has 0 spiro atoms. The molecule has 4 nitrogen and oxygen atoms in total. The van der Waals surface area contributed by atoms with Crippen molar-refractivity contribution in [3.8, 4) is 0 Å². The third kappa shape index (κ3) is 4.75. The molecule has 0 aliphatic carbocycles. The molecule has 0 aromatic heterocycles. The van der Waals surface area contributed by atoms with Crippen molar-refractivity contribution in [1.82, 2.24) is 0 Å². The normalized spacial score (nSPS) is 15.5. The molecule has 0 aromatic carbocycles. The highest BCUT2D eigenvalue weighted by Gasteiger charge is 2.35. The number of ether oxygens (including phenoxy) is 1. The van der Waals surface area contributed by atoms with Gasteiger partial charge in [0.25, 0.3) is 0 Å². The van der Waals surface area contributed by atoms with Crippen molar-refractivity contribution in [1.29, 1.82) is 0 Å². The number of esters is 1. The van der Waals surface area contributed by atoms with E-state index in [1.165, 1.54) is 0 Å². The number of aliphatic carboxylic acids is 1. The topological polar surface area (TPSA) is 63.6 Å². The van der Waals surface area contributed by atoms with Crippen LogP contribution in [0, 0.1) is 17.3 Å². The zero-order valence-electron chi connectivity index (χ0n) is 11.6. The molecular formula is C13H24O4. The fourth-order valence-electron chi connectivity index (χ4n) is 1.74. The maximum Gasteiger partial charge on any atom is 0.320 e. The Hall–Kier alpha value is -1.06. The Morgan fingerprint density at radius 2 is 1.71 bits per heavy atom. The fourth-order valence-corrected chi connectivity index (χ4v) is 1.74. The Labute approximate surface area is 103 Å². The van der Waals surface area contributed by atoms with Gasteiger partial charge >= 0.3 is 11.9 Å². The van der Waals surface area contributed by atoms with Crippen LogP contribution in [0.3, 0.4) is 0 Å². The molecule has 2 unspecified atom stereocenters. The lowest BCUT2D eigenvalue weighted by Gasteiger charge is -2.30. The molecule has 0 aliphatic heterocycles. The first-order valence-electron chi connectivity index (χ1n) is 6.04. The van der Waals surface area contributed by atoms with Crippen molar-refractivity contribution in [3.05, 3.63) is 0 Å². The van der Waals surface area contributed by atoms with Crippen molar-refractivity contribution in [2.24, 2.45) is 17.3 Å². The average Bonchev–Trinajstić information content (AvgIpc) is 2.10. The Balaban J connectivity index is 4.76. The van der Waals surface area contributed by atoms with Gasteiger partial charge < -0.3 is 9.84 Å². The van der Waals surface area contributed by atoms with E-state index in [-0.39, 0.29) is 17.4 Å². The number of hydrogen-bond donors (Lipinski definition) is 1. The van der Waals surface area contributed by atoms with Gasteiger partial charge in [-0.15, -0.1) is 0 Å². The summed E-state index contributed by atoms with van der Waals surface area (Å²) in [6.07, 6.45) is 0.426. The molecule has 2 atom stereocenters. The van der Waals surface area contributed by atoms with E-state index >= 15 is 0 Å². The van der Waals surface area contributed by atoms with Gasteiger partial charge in [0.15, 0.2) is 5.92 Å². The van der Waals surface area contributed by atoms with Gasteiger partial charge in [-0.3, -0.25) is 9.59 Å². The number of carboxylic acids is 1. The monoisotopic (exact) mass is 244 g/mol. The molecule has 0 amide bonds. The summed E-state index contributed by atoms with van der Waals surface area (Å²) in [5, 5.41) is 9.00. The van der Waals surface area contributed by atoms with Gasteiger partial charge in [0.05, 0.1) is 0 Å². The summed E-state index contributed by atoms with van der Waals surface area (Å²) in [7, 11) is 0.